The van der Waals surface area contributed by atoms with Gasteiger partial charge in [-0.3, -0.25) is 9.59 Å². The molecule has 2 atom stereocenters. The molecule has 0 radical (unpaired) electrons. The molecule has 16 heavy (non-hydrogen) atoms. The minimum atomic E-state index is -0.708. The van der Waals surface area contributed by atoms with Crippen LogP contribution in [-0.4, -0.2) is 22.8 Å². The van der Waals surface area contributed by atoms with Crippen molar-refractivity contribution in [1.29, 1.82) is 0 Å². The number of carbonyl (C=O) groups is 2. The van der Waals surface area contributed by atoms with Gasteiger partial charge in [0.1, 0.15) is 5.60 Å². The Kier molecular flexibility index (Phi) is 2.19. The molecule has 1 saturated heterocycles. The van der Waals surface area contributed by atoms with E-state index in [1.54, 1.807) is 6.08 Å². The van der Waals surface area contributed by atoms with Crippen molar-refractivity contribution in [3.8, 4) is 0 Å². The van der Waals surface area contributed by atoms with Crippen LogP contribution in [0.15, 0.2) is 12.2 Å². The molecule has 0 bridgehead atoms. The number of rotatable bonds is 2. The van der Waals surface area contributed by atoms with Crippen molar-refractivity contribution in [2.24, 2.45) is 5.41 Å². The van der Waals surface area contributed by atoms with Crippen LogP contribution in [0.4, 0.5) is 0 Å². The predicted molar refractivity (Wildman–Crippen MR) is 60.1 cm³/mol. The minimum absolute atomic E-state index is 0.0129. The molecule has 0 unspecified atom stereocenters. The maximum atomic E-state index is 11.9. The standard InChI is InChI=1S/C13H18O3/c1-9(14)5-8-13-11(2,3)7-6-10(15)12(13,4)16-13/h5,8H,6-7H2,1-4H3/b8-5+/t12-,13+/m0/s1. The molecule has 1 heterocycles. The fraction of sp³-hybridized carbons (Fsp3) is 0.692. The lowest BCUT2D eigenvalue weighted by Gasteiger charge is -2.35. The normalized spacial score (nSPS) is 40.9. The fourth-order valence-electron chi connectivity index (χ4n) is 2.85. The van der Waals surface area contributed by atoms with Crippen molar-refractivity contribution in [3.63, 3.8) is 0 Å². The van der Waals surface area contributed by atoms with E-state index in [1.807, 2.05) is 6.92 Å². The van der Waals surface area contributed by atoms with E-state index in [-0.39, 0.29) is 17.0 Å². The lowest BCUT2D eigenvalue weighted by atomic mass is 9.63. The number of Topliss-reactive ketones (excluding diaryl/α,β-unsaturated/α-hetero) is 1. The Hall–Kier alpha value is -0.960. The monoisotopic (exact) mass is 222 g/mol. The van der Waals surface area contributed by atoms with Gasteiger partial charge in [-0.25, -0.2) is 0 Å². The van der Waals surface area contributed by atoms with Crippen molar-refractivity contribution in [1.82, 2.24) is 0 Å². The third kappa shape index (κ3) is 1.24. The number of epoxide rings is 1. The summed E-state index contributed by atoms with van der Waals surface area (Å²) in [6.07, 6.45) is 4.68. The zero-order valence-electron chi connectivity index (χ0n) is 10.3. The molecule has 88 valence electrons. The van der Waals surface area contributed by atoms with Gasteiger partial charge in [0.05, 0.1) is 0 Å². The van der Waals surface area contributed by atoms with Gasteiger partial charge in [-0.1, -0.05) is 13.8 Å². The van der Waals surface area contributed by atoms with Gasteiger partial charge in [0.25, 0.3) is 0 Å². The molecular formula is C13H18O3. The number of ketones is 2. The summed E-state index contributed by atoms with van der Waals surface area (Å²) in [5.41, 5.74) is -1.37. The van der Waals surface area contributed by atoms with Gasteiger partial charge in [0.15, 0.2) is 17.2 Å². The summed E-state index contributed by atoms with van der Waals surface area (Å²) in [5.74, 6) is 0.140. The zero-order chi connectivity index (χ0) is 12.2. The first kappa shape index (κ1) is 11.5. The maximum Gasteiger partial charge on any atom is 0.167 e. The van der Waals surface area contributed by atoms with E-state index in [4.69, 9.17) is 4.74 Å². The quantitative estimate of drug-likeness (QED) is 0.530. The molecule has 0 aromatic carbocycles. The summed E-state index contributed by atoms with van der Waals surface area (Å²) in [6.45, 7) is 7.52. The van der Waals surface area contributed by atoms with Crippen molar-refractivity contribution < 1.29 is 14.3 Å². The highest BCUT2D eigenvalue weighted by molar-refractivity contribution is 5.94. The maximum absolute atomic E-state index is 11.9. The van der Waals surface area contributed by atoms with E-state index < -0.39 is 11.2 Å². The highest BCUT2D eigenvalue weighted by Gasteiger charge is 2.77. The Morgan fingerprint density at radius 2 is 2.00 bits per heavy atom. The van der Waals surface area contributed by atoms with Crippen LogP contribution in [-0.2, 0) is 14.3 Å². The number of allylic oxidation sites excluding steroid dienone is 1. The minimum Gasteiger partial charge on any atom is -0.349 e. The van der Waals surface area contributed by atoms with Gasteiger partial charge in [0.2, 0.25) is 0 Å². The number of carbonyl (C=O) groups excluding carboxylic acids is 2. The first-order valence-electron chi connectivity index (χ1n) is 5.68. The molecule has 1 aliphatic carbocycles. The third-order valence-corrected chi connectivity index (χ3v) is 4.10. The van der Waals surface area contributed by atoms with E-state index in [0.717, 1.165) is 6.42 Å². The van der Waals surface area contributed by atoms with Crippen molar-refractivity contribution in [2.45, 2.75) is 51.7 Å². The number of fused-ring (bicyclic) bond motifs is 1. The van der Waals surface area contributed by atoms with Crippen LogP contribution in [0, 0.1) is 5.41 Å². The van der Waals surface area contributed by atoms with Gasteiger partial charge >= 0.3 is 0 Å². The summed E-state index contributed by atoms with van der Waals surface area (Å²) in [7, 11) is 0. The molecule has 2 fully saturated rings. The Labute approximate surface area is 95.9 Å². The predicted octanol–water partition coefficient (Wildman–Crippen LogP) is 2.05. The van der Waals surface area contributed by atoms with Gasteiger partial charge in [-0.05, 0) is 32.4 Å². The van der Waals surface area contributed by atoms with Crippen LogP contribution in [0.25, 0.3) is 0 Å². The summed E-state index contributed by atoms with van der Waals surface area (Å²) >= 11 is 0. The molecule has 3 nitrogen and oxygen atoms in total. The lowest BCUT2D eigenvalue weighted by Crippen LogP contribution is -2.46. The molecule has 1 saturated carbocycles. The molecule has 0 aromatic rings. The third-order valence-electron chi connectivity index (χ3n) is 4.10. The van der Waals surface area contributed by atoms with E-state index in [1.165, 1.54) is 13.0 Å². The van der Waals surface area contributed by atoms with Crippen LogP contribution in [0.5, 0.6) is 0 Å². The zero-order valence-corrected chi connectivity index (χ0v) is 10.3. The second kappa shape index (κ2) is 3.04. The van der Waals surface area contributed by atoms with Crippen LogP contribution >= 0.6 is 0 Å². The lowest BCUT2D eigenvalue weighted by molar-refractivity contribution is -0.125. The molecule has 0 spiro atoms. The highest BCUT2D eigenvalue weighted by Crippen LogP contribution is 2.64. The number of hydrogen-bond donors (Lipinski definition) is 0. The average molecular weight is 222 g/mol. The smallest absolute Gasteiger partial charge is 0.167 e. The molecule has 0 N–H and O–H groups in total. The topological polar surface area (TPSA) is 46.7 Å². The van der Waals surface area contributed by atoms with E-state index in [9.17, 15) is 9.59 Å². The molecular weight excluding hydrogens is 204 g/mol. The second-order valence-electron chi connectivity index (χ2n) is 5.62. The summed E-state index contributed by atoms with van der Waals surface area (Å²) < 4.78 is 5.74. The Bertz CT molecular complexity index is 394. The average Bonchev–Trinajstić information content (AvgIpc) is 2.81. The Morgan fingerprint density at radius 1 is 1.38 bits per heavy atom. The van der Waals surface area contributed by atoms with E-state index in [2.05, 4.69) is 13.8 Å². The van der Waals surface area contributed by atoms with Gasteiger partial charge in [-0.15, -0.1) is 0 Å². The molecule has 3 heteroatoms. The van der Waals surface area contributed by atoms with Crippen LogP contribution in [0.1, 0.15) is 40.5 Å². The number of ether oxygens (including phenoxy) is 1. The largest absolute Gasteiger partial charge is 0.349 e. The second-order valence-corrected chi connectivity index (χ2v) is 5.62. The van der Waals surface area contributed by atoms with E-state index >= 15 is 0 Å². The van der Waals surface area contributed by atoms with Crippen molar-refractivity contribution in [3.05, 3.63) is 12.2 Å². The molecule has 0 aromatic heterocycles. The fourth-order valence-corrected chi connectivity index (χ4v) is 2.85. The van der Waals surface area contributed by atoms with Gasteiger partial charge in [-0.2, -0.15) is 0 Å². The van der Waals surface area contributed by atoms with Gasteiger partial charge < -0.3 is 4.74 Å². The highest BCUT2D eigenvalue weighted by atomic mass is 16.6. The van der Waals surface area contributed by atoms with Crippen molar-refractivity contribution in [2.75, 3.05) is 0 Å². The van der Waals surface area contributed by atoms with E-state index in [0.29, 0.717) is 6.42 Å². The SMILES string of the molecule is CC(=O)/C=C/[C@]12O[C@@]1(C)C(=O)CCC2(C)C. The first-order valence-corrected chi connectivity index (χ1v) is 5.68. The number of hydrogen-bond acceptors (Lipinski definition) is 3. The van der Waals surface area contributed by atoms with Gasteiger partial charge in [0, 0.05) is 11.8 Å². The Morgan fingerprint density at radius 3 is 2.56 bits per heavy atom. The Balaban J connectivity index is 2.38. The van der Waals surface area contributed by atoms with Crippen LogP contribution < -0.4 is 0 Å². The van der Waals surface area contributed by atoms with Crippen LogP contribution in [0.3, 0.4) is 0 Å². The summed E-state index contributed by atoms with van der Waals surface area (Å²) in [6, 6.07) is 0. The molecule has 1 aliphatic heterocycles. The summed E-state index contributed by atoms with van der Waals surface area (Å²) in [5, 5.41) is 0. The molecule has 2 rings (SSSR count). The summed E-state index contributed by atoms with van der Waals surface area (Å²) in [4.78, 5) is 22.9. The molecule has 2 aliphatic rings. The first-order chi connectivity index (χ1) is 7.25. The van der Waals surface area contributed by atoms with Crippen molar-refractivity contribution >= 4 is 11.6 Å². The van der Waals surface area contributed by atoms with Crippen LogP contribution in [0.2, 0.25) is 0 Å². The molecule has 0 amide bonds.